The van der Waals surface area contributed by atoms with Crippen molar-refractivity contribution in [3.05, 3.63) is 40.9 Å². The summed E-state index contributed by atoms with van der Waals surface area (Å²) in [7, 11) is -3.50. The summed E-state index contributed by atoms with van der Waals surface area (Å²) >= 11 is 3.32. The summed E-state index contributed by atoms with van der Waals surface area (Å²) in [6.07, 6.45) is 9.47. The number of aliphatic carboxylic acids is 1. The van der Waals surface area contributed by atoms with Gasteiger partial charge in [-0.1, -0.05) is 28.1 Å². The van der Waals surface area contributed by atoms with Crippen LogP contribution in [0.2, 0.25) is 0 Å². The molecule has 0 saturated heterocycles. The van der Waals surface area contributed by atoms with E-state index in [4.69, 9.17) is 5.11 Å². The van der Waals surface area contributed by atoms with E-state index in [1.54, 1.807) is 24.3 Å². The van der Waals surface area contributed by atoms with Crippen molar-refractivity contribution >= 4 is 31.9 Å². The molecule has 2 N–H and O–H groups in total. The molecule has 1 aromatic rings. The Balaban J connectivity index is 1.59. The molecule has 0 aliphatic heterocycles. The van der Waals surface area contributed by atoms with Gasteiger partial charge in [-0.25, -0.2) is 13.1 Å². The van der Waals surface area contributed by atoms with Crippen LogP contribution in [-0.4, -0.2) is 26.0 Å². The molecule has 148 valence electrons. The molecule has 0 heterocycles. The van der Waals surface area contributed by atoms with Crippen LogP contribution in [0.4, 0.5) is 0 Å². The zero-order chi connectivity index (χ0) is 19.4. The molecule has 0 unspecified atom stereocenters. The molecule has 2 saturated carbocycles. The number of carbonyl (C=O) groups is 1. The zero-order valence-electron chi connectivity index (χ0n) is 15.2. The number of sulfonamides is 1. The Morgan fingerprint density at radius 1 is 1.22 bits per heavy atom. The van der Waals surface area contributed by atoms with Gasteiger partial charge in [0.05, 0.1) is 4.90 Å². The van der Waals surface area contributed by atoms with Gasteiger partial charge >= 0.3 is 5.97 Å². The largest absolute Gasteiger partial charge is 0.481 e. The van der Waals surface area contributed by atoms with Crippen molar-refractivity contribution < 1.29 is 18.3 Å². The Labute approximate surface area is 169 Å². The molecule has 2 aliphatic carbocycles. The Hall–Kier alpha value is -1.18. The normalized spacial score (nSPS) is 27.4. The Morgan fingerprint density at radius 3 is 2.63 bits per heavy atom. The van der Waals surface area contributed by atoms with Crippen molar-refractivity contribution in [1.29, 1.82) is 0 Å². The summed E-state index contributed by atoms with van der Waals surface area (Å²) in [6, 6.07) is 6.67. The molecule has 0 aromatic heterocycles. The van der Waals surface area contributed by atoms with Crippen LogP contribution in [0.3, 0.4) is 0 Å². The fraction of sp³-hybridized carbons (Fsp3) is 0.550. The van der Waals surface area contributed by atoms with Gasteiger partial charge in [0.1, 0.15) is 0 Å². The second-order valence-electron chi connectivity index (χ2n) is 7.59. The van der Waals surface area contributed by atoms with E-state index in [9.17, 15) is 13.2 Å². The fourth-order valence-electron chi connectivity index (χ4n) is 4.59. The highest BCUT2D eigenvalue weighted by atomic mass is 79.9. The van der Waals surface area contributed by atoms with E-state index in [-0.39, 0.29) is 11.3 Å². The average molecular weight is 456 g/mol. The maximum atomic E-state index is 12.6. The molecule has 1 aromatic carbocycles. The number of hydrogen-bond donors (Lipinski definition) is 2. The van der Waals surface area contributed by atoms with Crippen molar-refractivity contribution in [1.82, 2.24) is 4.72 Å². The molecule has 0 radical (unpaired) electrons. The molecule has 3 rings (SSSR count). The highest BCUT2D eigenvalue weighted by Crippen LogP contribution is 2.52. The van der Waals surface area contributed by atoms with E-state index < -0.39 is 16.0 Å². The number of nitrogens with one attached hydrogen (secondary N) is 1. The lowest BCUT2D eigenvalue weighted by Crippen LogP contribution is -2.35. The third kappa shape index (κ3) is 5.21. The monoisotopic (exact) mass is 455 g/mol. The first-order chi connectivity index (χ1) is 12.9. The molecule has 2 fully saturated rings. The smallest absolute Gasteiger partial charge is 0.303 e. The molecular formula is C20H26BrNO4S. The number of hydrogen-bond acceptors (Lipinski definition) is 3. The first-order valence-electron chi connectivity index (χ1n) is 9.50. The highest BCUT2D eigenvalue weighted by molar-refractivity contribution is 9.10. The minimum atomic E-state index is -3.50. The van der Waals surface area contributed by atoms with Gasteiger partial charge in [-0.05, 0) is 80.0 Å². The van der Waals surface area contributed by atoms with Crippen LogP contribution in [0.15, 0.2) is 45.8 Å². The van der Waals surface area contributed by atoms with E-state index in [1.807, 2.05) is 0 Å². The topological polar surface area (TPSA) is 83.5 Å². The molecule has 7 heteroatoms. The van der Waals surface area contributed by atoms with E-state index in [1.165, 1.54) is 19.3 Å². The minimum absolute atomic E-state index is 0.192. The van der Waals surface area contributed by atoms with E-state index in [2.05, 4.69) is 32.8 Å². The number of unbranched alkanes of at least 4 members (excludes halogenated alkanes) is 1. The Bertz CT molecular complexity index is 791. The maximum absolute atomic E-state index is 12.6. The predicted octanol–water partition coefficient (Wildman–Crippen LogP) is 4.20. The van der Waals surface area contributed by atoms with Crippen molar-refractivity contribution in [2.45, 2.75) is 43.4 Å². The van der Waals surface area contributed by atoms with Gasteiger partial charge in [-0.15, -0.1) is 0 Å². The summed E-state index contributed by atoms with van der Waals surface area (Å²) in [5.74, 6) is 1.17. The van der Waals surface area contributed by atoms with Crippen LogP contribution >= 0.6 is 15.9 Å². The summed E-state index contributed by atoms with van der Waals surface area (Å²) in [4.78, 5) is 10.9. The number of allylic oxidation sites excluding steroid dienone is 2. The number of fused-ring (bicyclic) bond motifs is 2. The number of carboxylic acids is 1. The molecular weight excluding hydrogens is 430 g/mol. The Morgan fingerprint density at radius 2 is 1.93 bits per heavy atom. The summed E-state index contributed by atoms with van der Waals surface area (Å²) in [5, 5.41) is 8.72. The van der Waals surface area contributed by atoms with Crippen LogP contribution in [0.5, 0.6) is 0 Å². The minimum Gasteiger partial charge on any atom is -0.481 e. The molecule has 27 heavy (non-hydrogen) atoms. The second kappa shape index (κ2) is 8.88. The van der Waals surface area contributed by atoms with Gasteiger partial charge in [0, 0.05) is 17.4 Å². The Kier molecular flexibility index (Phi) is 6.76. The standard InChI is InChI=1S/C20H26BrNO4S/c21-16-8-10-17(11-9-16)27(25,26)22-13-19-15-7-6-14(12-15)18(19)4-2-1-3-5-20(23)24/h2,4,8-11,14-15,18-19,22H,1,3,5-7,12-13H2,(H,23,24)/b4-2-/t14-,15+,18+,19+/m1/s1. The fourth-order valence-corrected chi connectivity index (χ4v) is 5.92. The van der Waals surface area contributed by atoms with Gasteiger partial charge < -0.3 is 5.11 Å². The highest BCUT2D eigenvalue weighted by Gasteiger charge is 2.46. The summed E-state index contributed by atoms with van der Waals surface area (Å²) in [5.41, 5.74) is 0. The van der Waals surface area contributed by atoms with Crippen molar-refractivity contribution in [3.8, 4) is 0 Å². The zero-order valence-corrected chi connectivity index (χ0v) is 17.6. The van der Waals surface area contributed by atoms with E-state index >= 15 is 0 Å². The lowest BCUT2D eigenvalue weighted by Gasteiger charge is -2.29. The third-order valence-electron chi connectivity index (χ3n) is 5.91. The summed E-state index contributed by atoms with van der Waals surface area (Å²) < 4.78 is 28.8. The molecule has 2 aliphatic rings. The molecule has 0 spiro atoms. The molecule has 0 amide bonds. The van der Waals surface area contributed by atoms with E-state index in [0.29, 0.717) is 36.6 Å². The number of carboxylic acid groups (broad SMARTS) is 1. The number of rotatable bonds is 9. The van der Waals surface area contributed by atoms with Gasteiger partial charge in [0.25, 0.3) is 0 Å². The van der Waals surface area contributed by atoms with Crippen LogP contribution < -0.4 is 4.72 Å². The summed E-state index contributed by atoms with van der Waals surface area (Å²) in [6.45, 7) is 0.462. The maximum Gasteiger partial charge on any atom is 0.303 e. The van der Waals surface area contributed by atoms with Crippen LogP contribution in [0.25, 0.3) is 0 Å². The van der Waals surface area contributed by atoms with Crippen molar-refractivity contribution in [2.75, 3.05) is 6.54 Å². The molecule has 5 nitrogen and oxygen atoms in total. The van der Waals surface area contributed by atoms with Crippen LogP contribution in [0.1, 0.15) is 38.5 Å². The second-order valence-corrected chi connectivity index (χ2v) is 10.3. The van der Waals surface area contributed by atoms with E-state index in [0.717, 1.165) is 10.9 Å². The third-order valence-corrected chi connectivity index (χ3v) is 7.88. The van der Waals surface area contributed by atoms with Gasteiger partial charge in [0.15, 0.2) is 0 Å². The SMILES string of the molecule is O=C(O)CCC/C=C\[C@H]1[C@@H]2CC[C@@H](C2)[C@@H]1CNS(=O)(=O)c1ccc(Br)cc1. The van der Waals surface area contributed by atoms with Crippen LogP contribution in [0, 0.1) is 23.7 Å². The number of halogens is 1. The quantitative estimate of drug-likeness (QED) is 0.431. The average Bonchev–Trinajstić information content (AvgIpc) is 3.21. The van der Waals surface area contributed by atoms with Crippen LogP contribution in [-0.2, 0) is 14.8 Å². The van der Waals surface area contributed by atoms with Gasteiger partial charge in [-0.2, -0.15) is 0 Å². The van der Waals surface area contributed by atoms with Crippen molar-refractivity contribution in [2.24, 2.45) is 23.7 Å². The van der Waals surface area contributed by atoms with Gasteiger partial charge in [0.2, 0.25) is 10.0 Å². The van der Waals surface area contributed by atoms with Gasteiger partial charge in [-0.3, -0.25) is 4.79 Å². The first-order valence-corrected chi connectivity index (χ1v) is 11.8. The van der Waals surface area contributed by atoms with Crippen molar-refractivity contribution in [3.63, 3.8) is 0 Å². The lowest BCUT2D eigenvalue weighted by molar-refractivity contribution is -0.137. The lowest BCUT2D eigenvalue weighted by atomic mass is 9.79. The number of benzene rings is 1. The first kappa shape index (κ1) is 20.6. The molecule has 2 bridgehead atoms. The molecule has 4 atom stereocenters. The predicted molar refractivity (Wildman–Crippen MR) is 108 cm³/mol.